The van der Waals surface area contributed by atoms with Gasteiger partial charge in [0.25, 0.3) is 5.91 Å². The number of benzene rings is 1. The Morgan fingerprint density at radius 3 is 2.84 bits per heavy atom. The fraction of sp³-hybridized carbons (Fsp3) is 0.0833. The van der Waals surface area contributed by atoms with Crippen molar-refractivity contribution in [3.05, 3.63) is 45.7 Å². The number of thiocarbonyl (C=S) groups is 1. The molecule has 0 aliphatic rings. The fourth-order valence-corrected chi connectivity index (χ4v) is 2.35. The van der Waals surface area contributed by atoms with Crippen molar-refractivity contribution in [3.63, 3.8) is 0 Å². The maximum Gasteiger partial charge on any atom is 0.267 e. The lowest BCUT2D eigenvalue weighted by Gasteiger charge is -2.07. The average molecular weight is 295 g/mol. The van der Waals surface area contributed by atoms with Crippen LogP contribution in [0.5, 0.6) is 0 Å². The van der Waals surface area contributed by atoms with E-state index in [1.54, 1.807) is 12.4 Å². The Balaban J connectivity index is 2.25. The summed E-state index contributed by atoms with van der Waals surface area (Å²) in [4.78, 5) is 16.4. The monoisotopic (exact) mass is 295 g/mol. The highest BCUT2D eigenvalue weighted by Gasteiger charge is 2.13. The Kier molecular flexibility index (Phi) is 3.87. The SMILES string of the molecule is Cc1ncsc1C(=O)Nc1ccc(F)c(C(N)=S)c1. The molecule has 0 atom stereocenters. The van der Waals surface area contributed by atoms with Crippen LogP contribution in [0.1, 0.15) is 20.9 Å². The third-order valence-electron chi connectivity index (χ3n) is 2.44. The molecule has 4 nitrogen and oxygen atoms in total. The van der Waals surface area contributed by atoms with Crippen molar-refractivity contribution < 1.29 is 9.18 Å². The minimum atomic E-state index is -0.514. The summed E-state index contributed by atoms with van der Waals surface area (Å²) < 4.78 is 13.4. The molecule has 0 fully saturated rings. The second-order valence-electron chi connectivity index (χ2n) is 3.78. The minimum absolute atomic E-state index is 0.0532. The van der Waals surface area contributed by atoms with E-state index in [0.29, 0.717) is 16.3 Å². The fourth-order valence-electron chi connectivity index (χ4n) is 1.50. The van der Waals surface area contributed by atoms with E-state index in [9.17, 15) is 9.18 Å². The number of anilines is 1. The first kappa shape index (κ1) is 13.6. The summed E-state index contributed by atoms with van der Waals surface area (Å²) in [6.45, 7) is 1.75. The van der Waals surface area contributed by atoms with Crippen molar-refractivity contribution in [2.24, 2.45) is 5.73 Å². The Bertz CT molecular complexity index is 654. The standard InChI is InChI=1S/C12H10FN3OS2/c1-6-10(19-5-15-6)12(17)16-7-2-3-9(13)8(4-7)11(14)18/h2-5H,1H3,(H2,14,18)(H,16,17). The van der Waals surface area contributed by atoms with E-state index < -0.39 is 5.82 Å². The summed E-state index contributed by atoms with van der Waals surface area (Å²) in [6.07, 6.45) is 0. The van der Waals surface area contributed by atoms with Crippen LogP contribution < -0.4 is 11.1 Å². The lowest BCUT2D eigenvalue weighted by molar-refractivity contribution is 0.103. The van der Waals surface area contributed by atoms with Gasteiger partial charge < -0.3 is 11.1 Å². The van der Waals surface area contributed by atoms with Crippen molar-refractivity contribution in [1.82, 2.24) is 4.98 Å². The van der Waals surface area contributed by atoms with Crippen LogP contribution in [0.25, 0.3) is 0 Å². The average Bonchev–Trinajstić information content (AvgIpc) is 2.77. The zero-order chi connectivity index (χ0) is 14.0. The Morgan fingerprint density at radius 2 is 2.26 bits per heavy atom. The molecular formula is C12H10FN3OS2. The van der Waals surface area contributed by atoms with Gasteiger partial charge in [-0.3, -0.25) is 4.79 Å². The molecular weight excluding hydrogens is 285 g/mol. The van der Waals surface area contributed by atoms with E-state index in [2.05, 4.69) is 10.3 Å². The second kappa shape index (κ2) is 5.41. The van der Waals surface area contributed by atoms with Gasteiger partial charge in [0, 0.05) is 11.3 Å². The van der Waals surface area contributed by atoms with E-state index in [-0.39, 0.29) is 16.5 Å². The Morgan fingerprint density at radius 1 is 1.53 bits per heavy atom. The topological polar surface area (TPSA) is 68.0 Å². The molecule has 2 aromatic rings. The summed E-state index contributed by atoms with van der Waals surface area (Å²) >= 11 is 5.98. The van der Waals surface area contributed by atoms with Crippen LogP contribution in [-0.4, -0.2) is 15.9 Å². The predicted octanol–water partition coefficient (Wildman–Crippen LogP) is 2.48. The van der Waals surface area contributed by atoms with Crippen LogP contribution >= 0.6 is 23.6 Å². The van der Waals surface area contributed by atoms with Gasteiger partial charge in [0.2, 0.25) is 0 Å². The number of rotatable bonds is 3. The Hall–Kier alpha value is -1.86. The molecule has 98 valence electrons. The number of nitrogens with one attached hydrogen (secondary N) is 1. The smallest absolute Gasteiger partial charge is 0.267 e. The van der Waals surface area contributed by atoms with E-state index in [4.69, 9.17) is 18.0 Å². The van der Waals surface area contributed by atoms with E-state index in [0.717, 1.165) is 0 Å². The van der Waals surface area contributed by atoms with Gasteiger partial charge in [-0.1, -0.05) is 12.2 Å². The largest absolute Gasteiger partial charge is 0.389 e. The highest BCUT2D eigenvalue weighted by atomic mass is 32.1. The second-order valence-corrected chi connectivity index (χ2v) is 5.07. The van der Waals surface area contributed by atoms with Gasteiger partial charge in [0.15, 0.2) is 0 Å². The van der Waals surface area contributed by atoms with E-state index >= 15 is 0 Å². The normalized spacial score (nSPS) is 10.2. The van der Waals surface area contributed by atoms with Crippen molar-refractivity contribution >= 4 is 40.1 Å². The number of aromatic nitrogens is 1. The molecule has 2 rings (SSSR count). The summed E-state index contributed by atoms with van der Waals surface area (Å²) in [7, 11) is 0. The third kappa shape index (κ3) is 2.94. The minimum Gasteiger partial charge on any atom is -0.389 e. The number of amides is 1. The predicted molar refractivity (Wildman–Crippen MR) is 77.1 cm³/mol. The van der Waals surface area contributed by atoms with Crippen LogP contribution in [0.2, 0.25) is 0 Å². The van der Waals surface area contributed by atoms with Crippen LogP contribution in [0, 0.1) is 12.7 Å². The molecule has 0 saturated carbocycles. The number of carbonyl (C=O) groups is 1. The van der Waals surface area contributed by atoms with Crippen molar-refractivity contribution in [1.29, 1.82) is 0 Å². The van der Waals surface area contributed by atoms with Crippen LogP contribution in [-0.2, 0) is 0 Å². The van der Waals surface area contributed by atoms with Crippen molar-refractivity contribution in [2.75, 3.05) is 5.32 Å². The molecule has 1 amide bonds. The number of carbonyl (C=O) groups excluding carboxylic acids is 1. The number of thiazole rings is 1. The first-order valence-corrected chi connectivity index (χ1v) is 6.58. The first-order chi connectivity index (χ1) is 8.99. The first-order valence-electron chi connectivity index (χ1n) is 5.30. The van der Waals surface area contributed by atoms with Gasteiger partial charge in [-0.25, -0.2) is 9.37 Å². The number of nitrogens with two attached hydrogens (primary N) is 1. The molecule has 0 unspecified atom stereocenters. The van der Waals surface area contributed by atoms with Gasteiger partial charge in [-0.2, -0.15) is 0 Å². The number of aryl methyl sites for hydroxylation is 1. The number of hydrogen-bond donors (Lipinski definition) is 2. The van der Waals surface area contributed by atoms with Gasteiger partial charge in [-0.15, -0.1) is 11.3 Å². The Labute approximate surface area is 118 Å². The van der Waals surface area contributed by atoms with Gasteiger partial charge >= 0.3 is 0 Å². The molecule has 0 aliphatic heterocycles. The molecule has 7 heteroatoms. The van der Waals surface area contributed by atoms with Crippen molar-refractivity contribution in [3.8, 4) is 0 Å². The molecule has 0 aliphatic carbocycles. The molecule has 1 aromatic carbocycles. The molecule has 3 N–H and O–H groups in total. The number of nitrogens with zero attached hydrogens (tertiary/aromatic N) is 1. The summed E-state index contributed by atoms with van der Waals surface area (Å²) in [5.74, 6) is -0.806. The molecule has 1 aromatic heterocycles. The maximum atomic E-state index is 13.4. The van der Waals surface area contributed by atoms with Gasteiger partial charge in [0.05, 0.1) is 11.2 Å². The van der Waals surface area contributed by atoms with Gasteiger partial charge in [0.1, 0.15) is 15.7 Å². The molecule has 0 radical (unpaired) electrons. The highest BCUT2D eigenvalue weighted by molar-refractivity contribution is 7.80. The van der Waals surface area contributed by atoms with Crippen LogP contribution in [0.15, 0.2) is 23.7 Å². The molecule has 0 bridgehead atoms. The zero-order valence-corrected chi connectivity index (χ0v) is 11.6. The summed E-state index contributed by atoms with van der Waals surface area (Å²) in [6, 6.07) is 4.07. The van der Waals surface area contributed by atoms with E-state index in [1.165, 1.54) is 29.5 Å². The molecule has 0 spiro atoms. The van der Waals surface area contributed by atoms with E-state index in [1.807, 2.05) is 0 Å². The third-order valence-corrected chi connectivity index (χ3v) is 3.59. The molecule has 19 heavy (non-hydrogen) atoms. The quantitative estimate of drug-likeness (QED) is 0.854. The molecule has 0 saturated heterocycles. The summed E-state index contributed by atoms with van der Waals surface area (Å²) in [5.41, 5.74) is 8.19. The van der Waals surface area contributed by atoms with Crippen LogP contribution in [0.4, 0.5) is 10.1 Å². The van der Waals surface area contributed by atoms with Crippen LogP contribution in [0.3, 0.4) is 0 Å². The number of hydrogen-bond acceptors (Lipinski definition) is 4. The lowest BCUT2D eigenvalue weighted by atomic mass is 10.2. The van der Waals surface area contributed by atoms with Crippen molar-refractivity contribution in [2.45, 2.75) is 6.92 Å². The number of halogens is 1. The lowest BCUT2D eigenvalue weighted by Crippen LogP contribution is -2.15. The summed E-state index contributed by atoms with van der Waals surface area (Å²) in [5, 5.41) is 2.66. The maximum absolute atomic E-state index is 13.4. The zero-order valence-electron chi connectivity index (χ0n) is 9.94. The highest BCUT2D eigenvalue weighted by Crippen LogP contribution is 2.18. The molecule has 1 heterocycles. The van der Waals surface area contributed by atoms with Gasteiger partial charge in [-0.05, 0) is 25.1 Å².